The van der Waals surface area contributed by atoms with E-state index in [1.165, 1.54) is 28.7 Å². The lowest BCUT2D eigenvalue weighted by molar-refractivity contribution is -0.137. The molecule has 0 spiro atoms. The zero-order chi connectivity index (χ0) is 13.1. The molecule has 4 N–H and O–H groups in total. The third-order valence-electron chi connectivity index (χ3n) is 2.19. The van der Waals surface area contributed by atoms with Crippen LogP contribution in [-0.4, -0.2) is 42.5 Å². The van der Waals surface area contributed by atoms with Gasteiger partial charge in [-0.05, 0) is 0 Å². The van der Waals surface area contributed by atoms with Crippen LogP contribution < -0.4 is 11.3 Å². The topological polar surface area (TPSA) is 126 Å². The summed E-state index contributed by atoms with van der Waals surface area (Å²) in [5.41, 5.74) is 5.66. The average Bonchev–Trinajstić information content (AvgIpc) is 2.77. The second kappa shape index (κ2) is 5.19. The molecule has 0 saturated carbocycles. The van der Waals surface area contributed by atoms with Gasteiger partial charge >= 0.3 is 5.97 Å². The quantitative estimate of drug-likeness (QED) is 0.639. The Morgan fingerprint density at radius 1 is 1.67 bits per heavy atom. The second-order valence-electron chi connectivity index (χ2n) is 3.57. The molecule has 0 saturated heterocycles. The van der Waals surface area contributed by atoms with Gasteiger partial charge in [0, 0.05) is 17.6 Å². The van der Waals surface area contributed by atoms with Crippen LogP contribution in [0, 0.1) is 0 Å². The van der Waals surface area contributed by atoms with Crippen molar-refractivity contribution in [3.05, 3.63) is 28.4 Å². The molecule has 9 heteroatoms. The number of nitrogens with zero attached hydrogens (tertiary/aromatic N) is 3. The summed E-state index contributed by atoms with van der Waals surface area (Å²) in [5, 5.41) is 11.2. The van der Waals surface area contributed by atoms with E-state index in [-0.39, 0.29) is 11.3 Å². The van der Waals surface area contributed by atoms with E-state index < -0.39 is 12.0 Å². The van der Waals surface area contributed by atoms with E-state index in [9.17, 15) is 9.59 Å². The first-order valence-electron chi connectivity index (χ1n) is 5.06. The van der Waals surface area contributed by atoms with Crippen LogP contribution in [0.25, 0.3) is 5.78 Å². The Hall–Kier alpha value is -1.87. The first kappa shape index (κ1) is 12.6. The first-order valence-corrected chi connectivity index (χ1v) is 6.21. The van der Waals surface area contributed by atoms with E-state index in [1.54, 1.807) is 0 Å². The van der Waals surface area contributed by atoms with Crippen LogP contribution >= 0.6 is 11.8 Å². The minimum atomic E-state index is -1.04. The predicted octanol–water partition coefficient (Wildman–Crippen LogP) is -0.937. The number of nitrogens with one attached hydrogen (secondary N) is 1. The van der Waals surface area contributed by atoms with E-state index in [1.807, 2.05) is 0 Å². The Morgan fingerprint density at radius 2 is 2.44 bits per heavy atom. The van der Waals surface area contributed by atoms with Gasteiger partial charge in [-0.25, -0.2) is 9.97 Å². The van der Waals surface area contributed by atoms with Crippen molar-refractivity contribution >= 4 is 23.5 Å². The Bertz CT molecular complexity index is 622. The Balaban J connectivity index is 2.04. The molecule has 0 aromatic carbocycles. The van der Waals surface area contributed by atoms with Gasteiger partial charge in [-0.1, -0.05) is 0 Å². The lowest BCUT2D eigenvalue weighted by atomic mass is 10.4. The van der Waals surface area contributed by atoms with Crippen LogP contribution in [0.2, 0.25) is 0 Å². The van der Waals surface area contributed by atoms with Crippen LogP contribution in [-0.2, 0) is 10.5 Å². The number of carboxylic acid groups (broad SMARTS) is 1. The highest BCUT2D eigenvalue weighted by molar-refractivity contribution is 7.98. The number of thioether (sulfide) groups is 1. The molecule has 2 aromatic rings. The largest absolute Gasteiger partial charge is 0.480 e. The van der Waals surface area contributed by atoms with Crippen molar-refractivity contribution in [2.45, 2.75) is 11.8 Å². The van der Waals surface area contributed by atoms with Crippen molar-refractivity contribution in [1.82, 2.24) is 19.6 Å². The standard InChI is InChI=1S/C9H11N5O3S/c10-6(8(16)17)3-18-2-5-1-7(15)14-9(13-5)11-4-12-14/h1,4,6H,2-3,10H2,(H,16,17)(H,11,12,13)/t6-/m1/s1. The molecule has 2 aromatic heterocycles. The van der Waals surface area contributed by atoms with Crippen molar-refractivity contribution in [3.63, 3.8) is 0 Å². The van der Waals surface area contributed by atoms with E-state index in [2.05, 4.69) is 15.1 Å². The summed E-state index contributed by atoms with van der Waals surface area (Å²) >= 11 is 1.31. The summed E-state index contributed by atoms with van der Waals surface area (Å²) in [6, 6.07) is 0.468. The highest BCUT2D eigenvalue weighted by Gasteiger charge is 2.11. The first-order chi connectivity index (χ1) is 8.58. The molecule has 0 unspecified atom stereocenters. The molecule has 2 heterocycles. The number of carbonyl (C=O) groups is 1. The van der Waals surface area contributed by atoms with Gasteiger partial charge in [0.25, 0.3) is 11.3 Å². The lowest BCUT2D eigenvalue weighted by Gasteiger charge is -2.05. The molecule has 0 fully saturated rings. The summed E-state index contributed by atoms with van der Waals surface area (Å²) in [6.45, 7) is 0. The molecule has 96 valence electrons. The van der Waals surface area contributed by atoms with Gasteiger partial charge < -0.3 is 10.8 Å². The number of aromatic amines is 1. The fourth-order valence-electron chi connectivity index (χ4n) is 1.30. The zero-order valence-corrected chi connectivity index (χ0v) is 10.1. The molecule has 0 amide bonds. The number of carboxylic acids is 1. The van der Waals surface area contributed by atoms with Crippen LogP contribution in [0.3, 0.4) is 0 Å². The molecule has 0 aliphatic heterocycles. The van der Waals surface area contributed by atoms with Gasteiger partial charge in [-0.2, -0.15) is 16.3 Å². The van der Waals surface area contributed by atoms with E-state index in [0.29, 0.717) is 17.2 Å². The summed E-state index contributed by atoms with van der Waals surface area (Å²) in [5.74, 6) is -0.0739. The van der Waals surface area contributed by atoms with Crippen molar-refractivity contribution in [1.29, 1.82) is 0 Å². The van der Waals surface area contributed by atoms with Gasteiger partial charge in [-0.15, -0.1) is 0 Å². The van der Waals surface area contributed by atoms with Gasteiger partial charge in [0.1, 0.15) is 12.4 Å². The lowest BCUT2D eigenvalue weighted by Crippen LogP contribution is -2.32. The monoisotopic (exact) mass is 269 g/mol. The van der Waals surface area contributed by atoms with E-state index in [4.69, 9.17) is 10.8 Å². The van der Waals surface area contributed by atoms with Crippen LogP contribution in [0.4, 0.5) is 0 Å². The van der Waals surface area contributed by atoms with Crippen LogP contribution in [0.5, 0.6) is 0 Å². The smallest absolute Gasteiger partial charge is 0.321 e. The molecule has 1 atom stereocenters. The molecule has 2 rings (SSSR count). The number of hydrogen-bond donors (Lipinski definition) is 3. The maximum Gasteiger partial charge on any atom is 0.321 e. The Kier molecular flexibility index (Phi) is 3.63. The van der Waals surface area contributed by atoms with Crippen molar-refractivity contribution in [3.8, 4) is 0 Å². The molecular formula is C9H11N5O3S. The minimum absolute atomic E-state index is 0.254. The third-order valence-corrected chi connectivity index (χ3v) is 3.28. The fourth-order valence-corrected chi connectivity index (χ4v) is 2.18. The molecule has 0 aliphatic rings. The average molecular weight is 269 g/mol. The highest BCUT2D eigenvalue weighted by atomic mass is 32.2. The maximum atomic E-state index is 11.6. The van der Waals surface area contributed by atoms with Crippen LogP contribution in [0.15, 0.2) is 17.2 Å². The highest BCUT2D eigenvalue weighted by Crippen LogP contribution is 2.10. The number of hydrogen-bond acceptors (Lipinski definition) is 6. The summed E-state index contributed by atoms with van der Waals surface area (Å²) in [7, 11) is 0. The van der Waals surface area contributed by atoms with E-state index in [0.717, 1.165) is 0 Å². The number of rotatable bonds is 5. The molecule has 8 nitrogen and oxygen atoms in total. The van der Waals surface area contributed by atoms with Crippen molar-refractivity contribution < 1.29 is 9.90 Å². The minimum Gasteiger partial charge on any atom is -0.480 e. The Morgan fingerprint density at radius 3 is 3.17 bits per heavy atom. The summed E-state index contributed by atoms with van der Waals surface area (Å²) in [6.07, 6.45) is 1.38. The number of fused-ring (bicyclic) bond motifs is 1. The number of aliphatic carboxylic acids is 1. The molecule has 0 bridgehead atoms. The molecular weight excluding hydrogens is 258 g/mol. The molecule has 0 aliphatic carbocycles. The molecule has 0 radical (unpaired) electrons. The van der Waals surface area contributed by atoms with Gasteiger partial charge in [-0.3, -0.25) is 14.7 Å². The summed E-state index contributed by atoms with van der Waals surface area (Å²) < 4.78 is 1.22. The maximum absolute atomic E-state index is 11.6. The van der Waals surface area contributed by atoms with E-state index >= 15 is 0 Å². The van der Waals surface area contributed by atoms with Crippen molar-refractivity contribution in [2.75, 3.05) is 5.75 Å². The van der Waals surface area contributed by atoms with Gasteiger partial charge in [0.15, 0.2) is 0 Å². The Labute approximate surface area is 105 Å². The number of H-pyrrole nitrogens is 1. The van der Waals surface area contributed by atoms with Crippen molar-refractivity contribution in [2.24, 2.45) is 5.73 Å². The van der Waals surface area contributed by atoms with Crippen LogP contribution in [0.1, 0.15) is 5.69 Å². The zero-order valence-electron chi connectivity index (χ0n) is 9.24. The number of aromatic nitrogens is 4. The summed E-state index contributed by atoms with van der Waals surface area (Å²) in [4.78, 5) is 30.1. The normalized spacial score (nSPS) is 12.7. The molecule has 18 heavy (non-hydrogen) atoms. The third kappa shape index (κ3) is 2.68. The number of nitrogens with two attached hydrogens (primary N) is 1. The second-order valence-corrected chi connectivity index (χ2v) is 4.60. The van der Waals surface area contributed by atoms with Gasteiger partial charge in [0.05, 0.1) is 5.69 Å². The van der Waals surface area contributed by atoms with Gasteiger partial charge in [0.2, 0.25) is 0 Å². The predicted molar refractivity (Wildman–Crippen MR) is 65.4 cm³/mol. The fraction of sp³-hybridized carbons (Fsp3) is 0.333. The SMILES string of the molecule is N[C@H](CSCc1cc(=O)n2[nH]cnc2n1)C(=O)O.